The molecule has 1 amide bonds. The summed E-state index contributed by atoms with van der Waals surface area (Å²) in [6, 6.07) is 2.25. The lowest BCUT2D eigenvalue weighted by molar-refractivity contribution is 0.0690. The van der Waals surface area contributed by atoms with Gasteiger partial charge in [0.2, 0.25) is 0 Å². The first-order chi connectivity index (χ1) is 10.7. The van der Waals surface area contributed by atoms with Crippen LogP contribution < -0.4 is 0 Å². The van der Waals surface area contributed by atoms with Gasteiger partial charge >= 0.3 is 5.97 Å². The summed E-state index contributed by atoms with van der Waals surface area (Å²) in [7, 11) is -1.69. The number of aromatic carboxylic acids is 1. The number of aromatic nitrogens is 1. The highest BCUT2D eigenvalue weighted by atomic mass is 32.2. The molecule has 2 rings (SSSR count). The Morgan fingerprint density at radius 2 is 1.96 bits per heavy atom. The van der Waals surface area contributed by atoms with Crippen LogP contribution in [0.3, 0.4) is 0 Å². The molecular formula is C15H20N2O5S. The molecule has 126 valence electrons. The van der Waals surface area contributed by atoms with Gasteiger partial charge in [-0.05, 0) is 25.0 Å². The largest absolute Gasteiger partial charge is 0.477 e. The maximum absolute atomic E-state index is 12.6. The summed E-state index contributed by atoms with van der Waals surface area (Å²) < 4.78 is 24.0. The van der Waals surface area contributed by atoms with Crippen LogP contribution in [0.1, 0.15) is 46.5 Å². The van der Waals surface area contributed by atoms with E-state index in [9.17, 15) is 18.0 Å². The molecule has 1 aromatic heterocycles. The molecule has 8 heteroatoms. The third-order valence-electron chi connectivity index (χ3n) is 4.26. The van der Waals surface area contributed by atoms with Crippen LogP contribution in [0.4, 0.5) is 0 Å². The molecule has 0 aliphatic heterocycles. The Balaban J connectivity index is 2.27. The third kappa shape index (κ3) is 3.87. The van der Waals surface area contributed by atoms with Gasteiger partial charge in [0, 0.05) is 31.1 Å². The van der Waals surface area contributed by atoms with Crippen molar-refractivity contribution in [3.63, 3.8) is 0 Å². The monoisotopic (exact) mass is 340 g/mol. The van der Waals surface area contributed by atoms with Crippen molar-refractivity contribution in [1.29, 1.82) is 0 Å². The lowest BCUT2D eigenvalue weighted by atomic mass is 9.93. The highest BCUT2D eigenvalue weighted by Gasteiger charge is 2.37. The number of hydrogen-bond donors (Lipinski definition) is 1. The van der Waals surface area contributed by atoms with Gasteiger partial charge in [0.1, 0.15) is 5.69 Å². The number of sulfone groups is 1. The fourth-order valence-corrected chi connectivity index (χ4v) is 4.54. The van der Waals surface area contributed by atoms with Crippen molar-refractivity contribution >= 4 is 21.7 Å². The molecule has 1 saturated carbocycles. The zero-order valence-corrected chi connectivity index (χ0v) is 13.9. The van der Waals surface area contributed by atoms with Gasteiger partial charge in [-0.15, -0.1) is 0 Å². The van der Waals surface area contributed by atoms with Gasteiger partial charge in [0.05, 0.1) is 5.25 Å². The number of carbonyl (C=O) groups excluding carboxylic acids is 1. The Labute approximate surface area is 135 Å². The Bertz CT molecular complexity index is 716. The maximum Gasteiger partial charge on any atom is 0.354 e. The Morgan fingerprint density at radius 1 is 1.30 bits per heavy atom. The Hall–Kier alpha value is -1.96. The maximum atomic E-state index is 12.6. The number of carboxylic acid groups (broad SMARTS) is 1. The zero-order valence-electron chi connectivity index (χ0n) is 13.1. The van der Waals surface area contributed by atoms with E-state index in [0.29, 0.717) is 12.8 Å². The third-order valence-corrected chi connectivity index (χ3v) is 5.91. The van der Waals surface area contributed by atoms with Crippen molar-refractivity contribution in [3.05, 3.63) is 29.6 Å². The smallest absolute Gasteiger partial charge is 0.354 e. The minimum Gasteiger partial charge on any atom is -0.477 e. The van der Waals surface area contributed by atoms with Crippen LogP contribution in [-0.4, -0.2) is 59.9 Å². The van der Waals surface area contributed by atoms with Crippen molar-refractivity contribution in [3.8, 4) is 0 Å². The molecule has 0 spiro atoms. The second kappa shape index (κ2) is 6.66. The van der Waals surface area contributed by atoms with Crippen LogP contribution in [0, 0.1) is 0 Å². The number of carboxylic acids is 1. The average Bonchev–Trinajstić information content (AvgIpc) is 2.52. The molecule has 1 N–H and O–H groups in total. The zero-order chi connectivity index (χ0) is 17.2. The van der Waals surface area contributed by atoms with E-state index < -0.39 is 33.0 Å². The molecule has 1 aliphatic rings. The molecule has 0 saturated heterocycles. The van der Waals surface area contributed by atoms with Gasteiger partial charge in [0.15, 0.2) is 9.84 Å². The van der Waals surface area contributed by atoms with Gasteiger partial charge in [-0.1, -0.05) is 12.8 Å². The summed E-state index contributed by atoms with van der Waals surface area (Å²) in [4.78, 5) is 28.7. The predicted molar refractivity (Wildman–Crippen MR) is 84.2 cm³/mol. The van der Waals surface area contributed by atoms with Gasteiger partial charge in [-0.25, -0.2) is 18.2 Å². The van der Waals surface area contributed by atoms with Gasteiger partial charge < -0.3 is 10.0 Å². The molecule has 7 nitrogen and oxygen atoms in total. The molecule has 0 radical (unpaired) electrons. The van der Waals surface area contributed by atoms with Crippen LogP contribution in [-0.2, 0) is 9.84 Å². The van der Waals surface area contributed by atoms with Crippen LogP contribution in [0.25, 0.3) is 0 Å². The Kier molecular flexibility index (Phi) is 5.03. The van der Waals surface area contributed by atoms with Gasteiger partial charge in [0.25, 0.3) is 5.91 Å². The molecule has 1 aliphatic carbocycles. The van der Waals surface area contributed by atoms with Crippen molar-refractivity contribution < 1.29 is 23.1 Å². The van der Waals surface area contributed by atoms with Crippen LogP contribution >= 0.6 is 0 Å². The van der Waals surface area contributed by atoms with E-state index in [0.717, 1.165) is 12.8 Å². The minimum atomic E-state index is -3.26. The van der Waals surface area contributed by atoms with Crippen LogP contribution in [0.2, 0.25) is 0 Å². The summed E-state index contributed by atoms with van der Waals surface area (Å²) in [5, 5.41) is 8.38. The second-order valence-corrected chi connectivity index (χ2v) is 8.14. The van der Waals surface area contributed by atoms with E-state index >= 15 is 0 Å². The number of nitrogens with zero attached hydrogens (tertiary/aromatic N) is 2. The molecule has 2 atom stereocenters. The van der Waals surface area contributed by atoms with Crippen LogP contribution in [0.15, 0.2) is 18.3 Å². The normalized spacial score (nSPS) is 21.7. The van der Waals surface area contributed by atoms with E-state index in [1.807, 2.05) is 0 Å². The molecule has 1 aromatic rings. The van der Waals surface area contributed by atoms with Crippen molar-refractivity contribution in [1.82, 2.24) is 9.88 Å². The highest BCUT2D eigenvalue weighted by Crippen LogP contribution is 2.28. The quantitative estimate of drug-likeness (QED) is 0.883. The van der Waals surface area contributed by atoms with Gasteiger partial charge in [-0.3, -0.25) is 4.79 Å². The van der Waals surface area contributed by atoms with E-state index in [2.05, 4.69) is 4.98 Å². The Morgan fingerprint density at radius 3 is 2.57 bits per heavy atom. The summed E-state index contributed by atoms with van der Waals surface area (Å²) in [5.41, 5.74) is -0.0229. The number of pyridine rings is 1. The lowest BCUT2D eigenvalue weighted by Gasteiger charge is -2.37. The number of hydrogen-bond acceptors (Lipinski definition) is 5. The van der Waals surface area contributed by atoms with E-state index in [1.54, 1.807) is 7.05 Å². The molecule has 1 heterocycles. The van der Waals surface area contributed by atoms with Crippen molar-refractivity contribution in [2.45, 2.75) is 37.0 Å². The fraction of sp³-hybridized carbons (Fsp3) is 0.533. The summed E-state index contributed by atoms with van der Waals surface area (Å²) in [5.74, 6) is -1.61. The van der Waals surface area contributed by atoms with Crippen molar-refractivity contribution in [2.24, 2.45) is 0 Å². The summed E-state index contributed by atoms with van der Waals surface area (Å²) >= 11 is 0. The van der Waals surface area contributed by atoms with E-state index in [4.69, 9.17) is 5.11 Å². The van der Waals surface area contributed by atoms with Crippen LogP contribution in [0.5, 0.6) is 0 Å². The molecule has 0 bridgehead atoms. The topological polar surface area (TPSA) is 105 Å². The molecule has 0 aromatic carbocycles. The van der Waals surface area contributed by atoms with E-state index in [1.165, 1.54) is 29.5 Å². The summed E-state index contributed by atoms with van der Waals surface area (Å²) in [6.45, 7) is 0. The first-order valence-corrected chi connectivity index (χ1v) is 9.32. The number of carbonyl (C=O) groups is 2. The predicted octanol–water partition coefficient (Wildman–Crippen LogP) is 1.21. The number of amides is 1. The standard InChI is InChI=1S/C15H20N2O5S/c1-17(12-5-3-4-6-13(12)23(2,21)22)14(18)10-7-8-16-11(9-10)15(19)20/h7-9,12-13H,3-6H2,1-2H3,(H,19,20). The number of rotatable bonds is 4. The second-order valence-electron chi connectivity index (χ2n) is 5.87. The molecule has 23 heavy (non-hydrogen) atoms. The highest BCUT2D eigenvalue weighted by molar-refractivity contribution is 7.91. The average molecular weight is 340 g/mol. The SMILES string of the molecule is CN(C(=O)c1ccnc(C(=O)O)c1)C1CCCCC1S(C)(=O)=O. The summed E-state index contributed by atoms with van der Waals surface area (Å²) in [6.07, 6.45) is 5.32. The fourth-order valence-electron chi connectivity index (χ4n) is 3.05. The minimum absolute atomic E-state index is 0.192. The van der Waals surface area contributed by atoms with Crippen molar-refractivity contribution in [2.75, 3.05) is 13.3 Å². The molecule has 2 unspecified atom stereocenters. The molecule has 1 fully saturated rings. The lowest BCUT2D eigenvalue weighted by Crippen LogP contribution is -2.49. The van der Waals surface area contributed by atoms with Gasteiger partial charge in [-0.2, -0.15) is 0 Å². The first kappa shape index (κ1) is 17.4. The molecular weight excluding hydrogens is 320 g/mol. The van der Waals surface area contributed by atoms with E-state index in [-0.39, 0.29) is 11.3 Å². The first-order valence-electron chi connectivity index (χ1n) is 7.37.